The molecular weight excluding hydrogens is 148 g/mol. The molecule has 0 aromatic heterocycles. The van der Waals surface area contributed by atoms with E-state index in [1.807, 2.05) is 36.4 Å². The Hall–Kier alpha value is -1.50. The van der Waals surface area contributed by atoms with Crippen molar-refractivity contribution < 1.29 is 4.74 Å². The topological polar surface area (TPSA) is 9.23 Å². The lowest BCUT2D eigenvalue weighted by atomic mass is 10.1. The van der Waals surface area contributed by atoms with Crippen molar-refractivity contribution >= 4 is 10.8 Å². The fourth-order valence-corrected chi connectivity index (χ4v) is 1.31. The zero-order valence-electron chi connectivity index (χ0n) is 6.87. The minimum absolute atomic E-state index is 0.918. The zero-order valence-corrected chi connectivity index (χ0v) is 6.87. The van der Waals surface area contributed by atoms with Gasteiger partial charge in [-0.1, -0.05) is 24.3 Å². The standard InChI is InChI=1S/C11H9O/c1-12-11-8-4-6-9-5-2-3-7-10(9)11/h3-8H,1H3. The Labute approximate surface area is 71.6 Å². The van der Waals surface area contributed by atoms with Crippen LogP contribution in [0.5, 0.6) is 5.75 Å². The second-order valence-corrected chi connectivity index (χ2v) is 2.61. The quantitative estimate of drug-likeness (QED) is 0.618. The van der Waals surface area contributed by atoms with E-state index in [2.05, 4.69) is 6.07 Å². The van der Waals surface area contributed by atoms with Crippen molar-refractivity contribution in [2.45, 2.75) is 0 Å². The third-order valence-electron chi connectivity index (χ3n) is 1.90. The van der Waals surface area contributed by atoms with Crippen molar-refractivity contribution in [1.82, 2.24) is 0 Å². The van der Waals surface area contributed by atoms with Gasteiger partial charge < -0.3 is 4.74 Å². The summed E-state index contributed by atoms with van der Waals surface area (Å²) in [5.74, 6) is 0.918. The predicted molar refractivity (Wildman–Crippen MR) is 49.3 cm³/mol. The maximum Gasteiger partial charge on any atom is 0.126 e. The van der Waals surface area contributed by atoms with Crippen LogP contribution in [0, 0.1) is 6.07 Å². The van der Waals surface area contributed by atoms with E-state index in [1.54, 1.807) is 7.11 Å². The number of rotatable bonds is 1. The average Bonchev–Trinajstić information content (AvgIpc) is 2.17. The van der Waals surface area contributed by atoms with Crippen LogP contribution < -0.4 is 4.74 Å². The molecule has 0 aliphatic rings. The first-order chi connectivity index (χ1) is 5.92. The molecule has 0 unspecified atom stereocenters. The van der Waals surface area contributed by atoms with Crippen molar-refractivity contribution in [2.24, 2.45) is 0 Å². The predicted octanol–water partition coefficient (Wildman–Crippen LogP) is 2.65. The minimum atomic E-state index is 0.918. The van der Waals surface area contributed by atoms with Crippen LogP contribution in [-0.4, -0.2) is 7.11 Å². The monoisotopic (exact) mass is 157 g/mol. The van der Waals surface area contributed by atoms with Gasteiger partial charge >= 0.3 is 0 Å². The summed E-state index contributed by atoms with van der Waals surface area (Å²) in [5, 5.41) is 2.30. The molecule has 59 valence electrons. The van der Waals surface area contributed by atoms with Gasteiger partial charge in [-0.2, -0.15) is 0 Å². The molecule has 0 N–H and O–H groups in total. The molecular formula is C11H9O. The number of hydrogen-bond acceptors (Lipinski definition) is 1. The fourth-order valence-electron chi connectivity index (χ4n) is 1.31. The van der Waals surface area contributed by atoms with Crippen LogP contribution in [0.2, 0.25) is 0 Å². The van der Waals surface area contributed by atoms with Gasteiger partial charge in [0, 0.05) is 5.39 Å². The Morgan fingerprint density at radius 3 is 3.00 bits per heavy atom. The van der Waals surface area contributed by atoms with Crippen LogP contribution >= 0.6 is 0 Å². The van der Waals surface area contributed by atoms with Crippen molar-refractivity contribution in [3.05, 3.63) is 42.5 Å². The number of benzene rings is 2. The highest BCUT2D eigenvalue weighted by Crippen LogP contribution is 2.23. The van der Waals surface area contributed by atoms with Crippen molar-refractivity contribution in [3.8, 4) is 5.75 Å². The molecule has 0 fully saturated rings. The molecule has 0 atom stereocenters. The molecule has 0 spiro atoms. The lowest BCUT2D eigenvalue weighted by Gasteiger charge is -2.03. The Morgan fingerprint density at radius 2 is 2.17 bits per heavy atom. The third-order valence-corrected chi connectivity index (χ3v) is 1.90. The summed E-state index contributed by atoms with van der Waals surface area (Å²) in [4.78, 5) is 0. The highest BCUT2D eigenvalue weighted by Gasteiger charge is 1.97. The van der Waals surface area contributed by atoms with E-state index in [-0.39, 0.29) is 0 Å². The molecule has 0 saturated carbocycles. The maximum absolute atomic E-state index is 5.21. The van der Waals surface area contributed by atoms with Crippen LogP contribution in [0.15, 0.2) is 36.4 Å². The second-order valence-electron chi connectivity index (χ2n) is 2.61. The third kappa shape index (κ3) is 1.03. The SMILES string of the molecule is COc1cccc2c[c]ccc12. The molecule has 0 aliphatic heterocycles. The summed E-state index contributed by atoms with van der Waals surface area (Å²) in [6.45, 7) is 0. The highest BCUT2D eigenvalue weighted by atomic mass is 16.5. The lowest BCUT2D eigenvalue weighted by Crippen LogP contribution is -1.83. The van der Waals surface area contributed by atoms with Crippen molar-refractivity contribution in [1.29, 1.82) is 0 Å². The van der Waals surface area contributed by atoms with E-state index in [0.717, 1.165) is 16.5 Å². The lowest BCUT2D eigenvalue weighted by molar-refractivity contribution is 0.420. The van der Waals surface area contributed by atoms with Crippen LogP contribution in [0.1, 0.15) is 0 Å². The van der Waals surface area contributed by atoms with Crippen molar-refractivity contribution in [3.63, 3.8) is 0 Å². The first-order valence-corrected chi connectivity index (χ1v) is 3.84. The molecule has 12 heavy (non-hydrogen) atoms. The first kappa shape index (κ1) is 7.17. The molecule has 1 heteroatoms. The molecule has 2 rings (SSSR count). The molecule has 0 saturated heterocycles. The van der Waals surface area contributed by atoms with Gasteiger partial charge in [-0.15, -0.1) is 0 Å². The molecule has 0 amide bonds. The van der Waals surface area contributed by atoms with Gasteiger partial charge in [0.05, 0.1) is 7.11 Å². The summed E-state index contributed by atoms with van der Waals surface area (Å²) >= 11 is 0. The summed E-state index contributed by atoms with van der Waals surface area (Å²) in [7, 11) is 1.69. The number of hydrogen-bond donors (Lipinski definition) is 0. The maximum atomic E-state index is 5.21. The van der Waals surface area contributed by atoms with Gasteiger partial charge in [0.15, 0.2) is 0 Å². The fraction of sp³-hybridized carbons (Fsp3) is 0.0909. The van der Waals surface area contributed by atoms with E-state index in [1.165, 1.54) is 0 Å². The van der Waals surface area contributed by atoms with Crippen LogP contribution in [0.25, 0.3) is 10.8 Å². The van der Waals surface area contributed by atoms with Crippen LogP contribution in [-0.2, 0) is 0 Å². The smallest absolute Gasteiger partial charge is 0.126 e. The van der Waals surface area contributed by atoms with E-state index in [4.69, 9.17) is 4.74 Å². The molecule has 0 bridgehead atoms. The van der Waals surface area contributed by atoms with Gasteiger partial charge in [0.25, 0.3) is 0 Å². The zero-order chi connectivity index (χ0) is 8.39. The van der Waals surface area contributed by atoms with Gasteiger partial charge in [-0.25, -0.2) is 0 Å². The molecule has 2 aromatic rings. The summed E-state index contributed by atoms with van der Waals surface area (Å²) < 4.78 is 5.21. The normalized spacial score (nSPS) is 10.1. The molecule has 1 nitrogen and oxygen atoms in total. The Balaban J connectivity index is 2.79. The van der Waals surface area contributed by atoms with E-state index in [0.29, 0.717) is 0 Å². The van der Waals surface area contributed by atoms with Crippen LogP contribution in [0.3, 0.4) is 0 Å². The van der Waals surface area contributed by atoms with E-state index < -0.39 is 0 Å². The Bertz CT molecular complexity index is 388. The first-order valence-electron chi connectivity index (χ1n) is 3.84. The van der Waals surface area contributed by atoms with Crippen molar-refractivity contribution in [2.75, 3.05) is 7.11 Å². The molecule has 2 aromatic carbocycles. The molecule has 0 aliphatic carbocycles. The number of methoxy groups -OCH3 is 1. The van der Waals surface area contributed by atoms with E-state index >= 15 is 0 Å². The van der Waals surface area contributed by atoms with Gasteiger partial charge in [0.2, 0.25) is 0 Å². The van der Waals surface area contributed by atoms with E-state index in [9.17, 15) is 0 Å². The molecule has 1 radical (unpaired) electrons. The molecule has 0 heterocycles. The summed E-state index contributed by atoms with van der Waals surface area (Å²) in [6, 6.07) is 14.9. The minimum Gasteiger partial charge on any atom is -0.496 e. The highest BCUT2D eigenvalue weighted by molar-refractivity contribution is 5.87. The second kappa shape index (κ2) is 2.86. The average molecular weight is 157 g/mol. The van der Waals surface area contributed by atoms with Gasteiger partial charge in [-0.05, 0) is 23.6 Å². The summed E-state index contributed by atoms with van der Waals surface area (Å²) in [6.07, 6.45) is 0. The Morgan fingerprint density at radius 1 is 1.25 bits per heavy atom. The number of ether oxygens (including phenoxy) is 1. The summed E-state index contributed by atoms with van der Waals surface area (Å²) in [5.41, 5.74) is 0. The van der Waals surface area contributed by atoms with Gasteiger partial charge in [-0.3, -0.25) is 0 Å². The number of fused-ring (bicyclic) bond motifs is 1. The largest absolute Gasteiger partial charge is 0.496 e. The van der Waals surface area contributed by atoms with Crippen LogP contribution in [0.4, 0.5) is 0 Å². The van der Waals surface area contributed by atoms with Gasteiger partial charge in [0.1, 0.15) is 5.75 Å². The Kier molecular flexibility index (Phi) is 1.71.